The van der Waals surface area contributed by atoms with E-state index in [2.05, 4.69) is 17.2 Å². The lowest BCUT2D eigenvalue weighted by Gasteiger charge is -2.21. The van der Waals surface area contributed by atoms with Gasteiger partial charge in [-0.05, 0) is 5.92 Å². The van der Waals surface area contributed by atoms with Gasteiger partial charge in [0.05, 0.1) is 0 Å². The van der Waals surface area contributed by atoms with E-state index in [1.165, 1.54) is 0 Å². The molecule has 0 aliphatic carbocycles. The third-order valence-corrected chi connectivity index (χ3v) is 2.11. The Morgan fingerprint density at radius 3 is 3.31 bits per heavy atom. The van der Waals surface area contributed by atoms with Crippen LogP contribution < -0.4 is 5.32 Å². The van der Waals surface area contributed by atoms with Crippen molar-refractivity contribution in [2.45, 2.75) is 13.5 Å². The standard InChI is InChI=1S/C8H11N3O2/c1-5-2-9-8-10-6(7(12)13)4-11(8)3-5/h4-5H,2-3H2,1H3,(H,9,10)(H,12,13). The van der Waals surface area contributed by atoms with Crippen molar-refractivity contribution in [2.75, 3.05) is 11.9 Å². The summed E-state index contributed by atoms with van der Waals surface area (Å²) < 4.78 is 1.84. The molecule has 2 rings (SSSR count). The second-order valence-corrected chi connectivity index (χ2v) is 3.39. The Hall–Kier alpha value is -1.52. The molecule has 70 valence electrons. The molecule has 0 bridgehead atoms. The van der Waals surface area contributed by atoms with E-state index in [1.54, 1.807) is 6.20 Å². The number of carboxylic acids is 1. The average molecular weight is 181 g/mol. The topological polar surface area (TPSA) is 67.2 Å². The summed E-state index contributed by atoms with van der Waals surface area (Å²) in [5, 5.41) is 11.8. The molecule has 0 radical (unpaired) electrons. The lowest BCUT2D eigenvalue weighted by molar-refractivity contribution is 0.0691. The number of carboxylic acid groups (broad SMARTS) is 1. The fraction of sp³-hybridized carbons (Fsp3) is 0.500. The van der Waals surface area contributed by atoms with Gasteiger partial charge < -0.3 is 15.0 Å². The maximum absolute atomic E-state index is 10.6. The highest BCUT2D eigenvalue weighted by atomic mass is 16.4. The summed E-state index contributed by atoms with van der Waals surface area (Å²) in [6, 6.07) is 0. The smallest absolute Gasteiger partial charge is 0.356 e. The molecule has 0 spiro atoms. The second kappa shape index (κ2) is 2.76. The molecule has 1 aliphatic rings. The summed E-state index contributed by atoms with van der Waals surface area (Å²) in [6.45, 7) is 3.80. The molecule has 0 fully saturated rings. The van der Waals surface area contributed by atoms with Gasteiger partial charge in [-0.25, -0.2) is 9.78 Å². The van der Waals surface area contributed by atoms with Gasteiger partial charge in [-0.3, -0.25) is 0 Å². The number of aromatic nitrogens is 2. The maximum atomic E-state index is 10.6. The molecule has 2 heterocycles. The first-order valence-corrected chi connectivity index (χ1v) is 4.21. The van der Waals surface area contributed by atoms with Crippen LogP contribution in [0.1, 0.15) is 17.4 Å². The number of fused-ring (bicyclic) bond motifs is 1. The van der Waals surface area contributed by atoms with E-state index in [-0.39, 0.29) is 5.69 Å². The number of hydrogen-bond acceptors (Lipinski definition) is 3. The van der Waals surface area contributed by atoms with E-state index in [0.29, 0.717) is 11.9 Å². The number of imidazole rings is 1. The number of anilines is 1. The van der Waals surface area contributed by atoms with Crippen LogP contribution in [0.15, 0.2) is 6.20 Å². The minimum atomic E-state index is -0.976. The predicted molar refractivity (Wildman–Crippen MR) is 46.8 cm³/mol. The van der Waals surface area contributed by atoms with Crippen LogP contribution in [0.25, 0.3) is 0 Å². The quantitative estimate of drug-likeness (QED) is 0.667. The fourth-order valence-corrected chi connectivity index (χ4v) is 1.47. The highest BCUT2D eigenvalue weighted by Crippen LogP contribution is 2.17. The van der Waals surface area contributed by atoms with Crippen LogP contribution in [0.5, 0.6) is 0 Å². The number of nitrogens with one attached hydrogen (secondary N) is 1. The number of nitrogens with zero attached hydrogens (tertiary/aromatic N) is 2. The van der Waals surface area contributed by atoms with Crippen LogP contribution in [0, 0.1) is 5.92 Å². The van der Waals surface area contributed by atoms with Gasteiger partial charge >= 0.3 is 5.97 Å². The summed E-state index contributed by atoms with van der Waals surface area (Å²) in [5.74, 6) is 0.204. The Morgan fingerprint density at radius 2 is 2.62 bits per heavy atom. The molecule has 0 amide bonds. The molecule has 2 N–H and O–H groups in total. The van der Waals surface area contributed by atoms with Gasteiger partial charge in [0.25, 0.3) is 0 Å². The van der Waals surface area contributed by atoms with Crippen LogP contribution in [0.2, 0.25) is 0 Å². The summed E-state index contributed by atoms with van der Waals surface area (Å²) in [6.07, 6.45) is 1.57. The molecule has 1 aromatic heterocycles. The van der Waals surface area contributed by atoms with E-state index in [9.17, 15) is 4.79 Å². The van der Waals surface area contributed by atoms with E-state index >= 15 is 0 Å². The highest BCUT2D eigenvalue weighted by molar-refractivity contribution is 5.85. The van der Waals surface area contributed by atoms with E-state index in [0.717, 1.165) is 13.1 Å². The first-order valence-electron chi connectivity index (χ1n) is 4.21. The summed E-state index contributed by atoms with van der Waals surface area (Å²) in [4.78, 5) is 14.5. The Bertz CT molecular complexity index is 345. The summed E-state index contributed by atoms with van der Waals surface area (Å²) in [7, 11) is 0. The third kappa shape index (κ3) is 1.37. The molecular weight excluding hydrogens is 170 g/mol. The van der Waals surface area contributed by atoms with Gasteiger partial charge in [-0.15, -0.1) is 0 Å². The lowest BCUT2D eigenvalue weighted by Crippen LogP contribution is -2.24. The second-order valence-electron chi connectivity index (χ2n) is 3.39. The van der Waals surface area contributed by atoms with Gasteiger partial charge in [-0.2, -0.15) is 0 Å². The van der Waals surface area contributed by atoms with Crippen molar-refractivity contribution in [2.24, 2.45) is 5.92 Å². The number of aromatic carboxylic acids is 1. The minimum Gasteiger partial charge on any atom is -0.476 e. The molecular formula is C8H11N3O2. The van der Waals surface area contributed by atoms with Crippen molar-refractivity contribution in [1.29, 1.82) is 0 Å². The van der Waals surface area contributed by atoms with Crippen molar-refractivity contribution in [3.63, 3.8) is 0 Å². The third-order valence-electron chi connectivity index (χ3n) is 2.11. The van der Waals surface area contributed by atoms with Crippen LogP contribution in [-0.2, 0) is 6.54 Å². The zero-order valence-corrected chi connectivity index (χ0v) is 7.32. The van der Waals surface area contributed by atoms with Crippen LogP contribution in [-0.4, -0.2) is 27.2 Å². The first-order chi connectivity index (χ1) is 6.16. The molecule has 0 saturated carbocycles. The van der Waals surface area contributed by atoms with Crippen molar-refractivity contribution in [1.82, 2.24) is 9.55 Å². The van der Waals surface area contributed by atoms with E-state index in [1.807, 2.05) is 4.57 Å². The van der Waals surface area contributed by atoms with Crippen molar-refractivity contribution in [3.8, 4) is 0 Å². The summed E-state index contributed by atoms with van der Waals surface area (Å²) in [5.41, 5.74) is 0.108. The number of carbonyl (C=O) groups is 1. The largest absolute Gasteiger partial charge is 0.476 e. The van der Waals surface area contributed by atoms with E-state index < -0.39 is 5.97 Å². The van der Waals surface area contributed by atoms with Gasteiger partial charge in [0.15, 0.2) is 5.69 Å². The Kier molecular flexibility index (Phi) is 1.72. The molecule has 0 aromatic carbocycles. The van der Waals surface area contributed by atoms with Crippen molar-refractivity contribution in [3.05, 3.63) is 11.9 Å². The Balaban J connectivity index is 2.33. The summed E-state index contributed by atoms with van der Waals surface area (Å²) >= 11 is 0. The Labute approximate surface area is 75.4 Å². The van der Waals surface area contributed by atoms with Crippen LogP contribution in [0.3, 0.4) is 0 Å². The van der Waals surface area contributed by atoms with Gasteiger partial charge in [0, 0.05) is 19.3 Å². The zero-order valence-electron chi connectivity index (χ0n) is 7.32. The minimum absolute atomic E-state index is 0.108. The molecule has 1 atom stereocenters. The highest BCUT2D eigenvalue weighted by Gasteiger charge is 2.18. The molecule has 5 nitrogen and oxygen atoms in total. The monoisotopic (exact) mass is 181 g/mol. The Morgan fingerprint density at radius 1 is 1.85 bits per heavy atom. The number of hydrogen-bond donors (Lipinski definition) is 2. The molecule has 1 aromatic rings. The average Bonchev–Trinajstić information content (AvgIpc) is 2.46. The van der Waals surface area contributed by atoms with Crippen molar-refractivity contribution < 1.29 is 9.90 Å². The van der Waals surface area contributed by atoms with Gasteiger partial charge in [0.1, 0.15) is 0 Å². The molecule has 1 aliphatic heterocycles. The van der Waals surface area contributed by atoms with Gasteiger partial charge in [0.2, 0.25) is 5.95 Å². The predicted octanol–water partition coefficient (Wildman–Crippen LogP) is 0.643. The normalized spacial score (nSPS) is 20.5. The van der Waals surface area contributed by atoms with Crippen molar-refractivity contribution >= 4 is 11.9 Å². The van der Waals surface area contributed by atoms with Crippen LogP contribution in [0.4, 0.5) is 5.95 Å². The molecule has 1 unspecified atom stereocenters. The first kappa shape index (κ1) is 8.10. The molecule has 5 heteroatoms. The molecule has 0 saturated heterocycles. The SMILES string of the molecule is CC1CNc2nc(C(=O)O)cn2C1. The number of rotatable bonds is 1. The zero-order chi connectivity index (χ0) is 9.42. The van der Waals surface area contributed by atoms with E-state index in [4.69, 9.17) is 5.11 Å². The maximum Gasteiger partial charge on any atom is 0.356 e. The lowest BCUT2D eigenvalue weighted by atomic mass is 10.1. The fourth-order valence-electron chi connectivity index (χ4n) is 1.47. The van der Waals surface area contributed by atoms with Crippen LogP contribution >= 0.6 is 0 Å². The molecule has 13 heavy (non-hydrogen) atoms. The van der Waals surface area contributed by atoms with Gasteiger partial charge in [-0.1, -0.05) is 6.92 Å².